The number of carbonyl (C=O) groups is 1. The Balaban J connectivity index is 0.000000212. The highest BCUT2D eigenvalue weighted by Gasteiger charge is 2.14. The Morgan fingerprint density at radius 2 is 1.59 bits per heavy atom. The van der Waals surface area contributed by atoms with Crippen molar-refractivity contribution in [1.82, 2.24) is 9.97 Å². The van der Waals surface area contributed by atoms with E-state index >= 15 is 0 Å². The summed E-state index contributed by atoms with van der Waals surface area (Å²) in [6, 6.07) is 22.8. The summed E-state index contributed by atoms with van der Waals surface area (Å²) in [7, 11) is 0.418. The number of esters is 1. The minimum Gasteiger partial charge on any atom is -0.493 e. The van der Waals surface area contributed by atoms with E-state index in [0.29, 0.717) is 33.8 Å². The van der Waals surface area contributed by atoms with Gasteiger partial charge in [0.15, 0.2) is 11.5 Å². The van der Waals surface area contributed by atoms with Gasteiger partial charge in [-0.25, -0.2) is 9.78 Å². The Morgan fingerprint density at radius 1 is 0.872 bits per heavy atom. The van der Waals surface area contributed by atoms with Crippen LogP contribution in [0.3, 0.4) is 0 Å². The summed E-state index contributed by atoms with van der Waals surface area (Å²) in [6.07, 6.45) is 3.74. The van der Waals surface area contributed by atoms with Gasteiger partial charge in [0.05, 0.1) is 32.4 Å². The molecule has 2 N–H and O–H groups in total. The second-order valence-electron chi connectivity index (χ2n) is 8.22. The van der Waals surface area contributed by atoms with E-state index in [1.807, 2.05) is 42.5 Å². The summed E-state index contributed by atoms with van der Waals surface area (Å²) in [4.78, 5) is 19.4. The number of fused-ring (bicyclic) bond motifs is 2. The van der Waals surface area contributed by atoms with Gasteiger partial charge in [-0.3, -0.25) is 4.55 Å². The number of ether oxygens (including phenoxy) is 3. The largest absolute Gasteiger partial charge is 0.493 e. The molecule has 0 aliphatic rings. The predicted molar refractivity (Wildman–Crippen MR) is 150 cm³/mol. The predicted octanol–water partition coefficient (Wildman–Crippen LogP) is 5.62. The number of benzene rings is 4. The van der Waals surface area contributed by atoms with Crippen LogP contribution < -0.4 is 9.47 Å². The van der Waals surface area contributed by atoms with Gasteiger partial charge in [0.25, 0.3) is 10.1 Å². The van der Waals surface area contributed by atoms with Gasteiger partial charge in [-0.2, -0.15) is 8.42 Å². The number of nitrogens with one attached hydrogen (secondary N) is 1. The van der Waals surface area contributed by atoms with Crippen LogP contribution in [0.15, 0.2) is 83.8 Å². The van der Waals surface area contributed by atoms with E-state index in [9.17, 15) is 13.2 Å². The summed E-state index contributed by atoms with van der Waals surface area (Å²) in [5.74, 6) is 1.56. The van der Waals surface area contributed by atoms with E-state index in [2.05, 4.69) is 9.97 Å². The molecule has 0 radical (unpaired) electrons. The van der Waals surface area contributed by atoms with Crippen molar-refractivity contribution in [3.05, 3.63) is 95.8 Å². The first-order valence-corrected chi connectivity index (χ1v) is 13.1. The average Bonchev–Trinajstić information content (AvgIpc) is 3.38. The molecule has 0 spiro atoms. The number of methoxy groups -OCH3 is 3. The number of aromatic amines is 1. The maximum atomic E-state index is 11.8. The van der Waals surface area contributed by atoms with Crippen LogP contribution in [0.2, 0.25) is 0 Å². The third-order valence-electron chi connectivity index (χ3n) is 5.81. The molecule has 39 heavy (non-hydrogen) atoms. The average molecular weight is 547 g/mol. The van der Waals surface area contributed by atoms with Crippen LogP contribution in [-0.4, -0.2) is 50.2 Å². The number of carbonyl (C=O) groups excluding carboxylic acids is 1. The molecule has 200 valence electrons. The summed E-state index contributed by atoms with van der Waals surface area (Å²) in [5.41, 5.74) is 2.73. The summed E-state index contributed by atoms with van der Waals surface area (Å²) >= 11 is 0. The zero-order chi connectivity index (χ0) is 28.0. The lowest BCUT2D eigenvalue weighted by Crippen LogP contribution is -2.01. The summed E-state index contributed by atoms with van der Waals surface area (Å²) in [5, 5.41) is 1.33. The van der Waals surface area contributed by atoms with Crippen molar-refractivity contribution in [1.29, 1.82) is 0 Å². The van der Waals surface area contributed by atoms with E-state index in [0.717, 1.165) is 16.5 Å². The third kappa shape index (κ3) is 6.25. The number of para-hydroxylation sites is 1. The first-order chi connectivity index (χ1) is 18.7. The van der Waals surface area contributed by atoms with Crippen LogP contribution in [0.4, 0.5) is 0 Å². The number of hydrogen-bond acceptors (Lipinski definition) is 7. The molecular formula is C29H26N2O7S. The number of nitrogens with zero attached hydrogens (tertiary/aromatic N) is 1. The highest BCUT2D eigenvalue weighted by atomic mass is 32.2. The van der Waals surface area contributed by atoms with Crippen molar-refractivity contribution in [3.8, 4) is 11.5 Å². The fraction of sp³-hybridized carbons (Fsp3) is 0.103. The van der Waals surface area contributed by atoms with Crippen LogP contribution in [0, 0.1) is 0 Å². The molecule has 9 nitrogen and oxygen atoms in total. The lowest BCUT2D eigenvalue weighted by atomic mass is 10.1. The van der Waals surface area contributed by atoms with E-state index in [1.54, 1.807) is 56.7 Å². The molecule has 0 saturated carbocycles. The number of rotatable bonds is 6. The number of aromatic nitrogens is 2. The fourth-order valence-corrected chi connectivity index (χ4v) is 4.67. The Kier molecular flexibility index (Phi) is 8.28. The molecule has 0 aliphatic heterocycles. The van der Waals surface area contributed by atoms with Crippen LogP contribution in [0.5, 0.6) is 11.5 Å². The Hall–Kier alpha value is -4.67. The zero-order valence-electron chi connectivity index (χ0n) is 21.4. The Labute approximate surface area is 225 Å². The molecule has 10 heteroatoms. The maximum Gasteiger partial charge on any atom is 0.340 e. The first kappa shape index (κ1) is 27.4. The molecule has 0 bridgehead atoms. The lowest BCUT2D eigenvalue weighted by Gasteiger charge is -2.07. The van der Waals surface area contributed by atoms with E-state index in [4.69, 9.17) is 18.8 Å². The molecule has 0 saturated heterocycles. The maximum absolute atomic E-state index is 11.8. The molecule has 5 rings (SSSR count). The van der Waals surface area contributed by atoms with Gasteiger partial charge in [0.2, 0.25) is 0 Å². The van der Waals surface area contributed by atoms with Gasteiger partial charge in [0, 0.05) is 5.39 Å². The second kappa shape index (κ2) is 11.8. The topological polar surface area (TPSA) is 128 Å². The standard InChI is InChI=1S/C19H18N2O4.C10H8O3S/c1-23-15-9-7-12(11-16(15)24-2)8-10-17-20-14-6-4-5-13(18(14)21-17)19(22)25-3;11-14(12,13)10-7-3-5-8-4-1-2-6-9(8)10/h4-11H,1-3H3,(H,20,21);1-7H,(H,11,12,13)/b10-8+;. The van der Waals surface area contributed by atoms with Crippen LogP contribution in [-0.2, 0) is 14.9 Å². The molecule has 1 heterocycles. The first-order valence-electron chi connectivity index (χ1n) is 11.7. The van der Waals surface area contributed by atoms with Crippen molar-refractivity contribution < 1.29 is 32.0 Å². The quantitative estimate of drug-likeness (QED) is 0.207. The molecule has 1 aromatic heterocycles. The van der Waals surface area contributed by atoms with E-state index in [1.165, 1.54) is 13.2 Å². The van der Waals surface area contributed by atoms with Crippen molar-refractivity contribution >= 4 is 50.0 Å². The summed E-state index contributed by atoms with van der Waals surface area (Å²) < 4.78 is 46.3. The van der Waals surface area contributed by atoms with Crippen LogP contribution in [0.1, 0.15) is 21.7 Å². The Morgan fingerprint density at radius 3 is 2.31 bits per heavy atom. The van der Waals surface area contributed by atoms with Gasteiger partial charge >= 0.3 is 5.97 Å². The van der Waals surface area contributed by atoms with Gasteiger partial charge in [-0.15, -0.1) is 0 Å². The fourth-order valence-electron chi connectivity index (χ4n) is 3.96. The molecule has 4 aromatic carbocycles. The molecule has 0 aliphatic carbocycles. The molecular weight excluding hydrogens is 520 g/mol. The highest BCUT2D eigenvalue weighted by molar-refractivity contribution is 7.86. The Bertz CT molecular complexity index is 1770. The van der Waals surface area contributed by atoms with E-state index < -0.39 is 16.1 Å². The smallest absolute Gasteiger partial charge is 0.340 e. The second-order valence-corrected chi connectivity index (χ2v) is 9.61. The molecule has 0 atom stereocenters. The van der Waals surface area contributed by atoms with Gasteiger partial charge in [-0.05, 0) is 47.4 Å². The minimum atomic E-state index is -4.13. The van der Waals surface area contributed by atoms with Gasteiger partial charge < -0.3 is 19.2 Å². The monoisotopic (exact) mass is 546 g/mol. The van der Waals surface area contributed by atoms with Crippen molar-refractivity contribution in [2.24, 2.45) is 0 Å². The number of hydrogen-bond donors (Lipinski definition) is 2. The molecule has 0 unspecified atom stereocenters. The minimum absolute atomic E-state index is 0.0457. The SMILES string of the molecule is COC(=O)c1cccc2[nH]c(/C=C/c3ccc(OC)c(OC)c3)nc12.O=S(=O)(O)c1cccc2ccccc12. The summed E-state index contributed by atoms with van der Waals surface area (Å²) in [6.45, 7) is 0. The van der Waals surface area contributed by atoms with Gasteiger partial charge in [-0.1, -0.05) is 54.6 Å². The number of imidazole rings is 1. The lowest BCUT2D eigenvalue weighted by molar-refractivity contribution is 0.0602. The van der Waals surface area contributed by atoms with Crippen LogP contribution >= 0.6 is 0 Å². The van der Waals surface area contributed by atoms with Crippen LogP contribution in [0.25, 0.3) is 34.0 Å². The highest BCUT2D eigenvalue weighted by Crippen LogP contribution is 2.28. The third-order valence-corrected chi connectivity index (χ3v) is 6.72. The van der Waals surface area contributed by atoms with Crippen molar-refractivity contribution in [2.75, 3.05) is 21.3 Å². The van der Waals surface area contributed by atoms with E-state index in [-0.39, 0.29) is 4.90 Å². The molecule has 0 fully saturated rings. The number of H-pyrrole nitrogens is 1. The zero-order valence-corrected chi connectivity index (χ0v) is 22.2. The van der Waals surface area contributed by atoms with Gasteiger partial charge in [0.1, 0.15) is 16.2 Å². The molecule has 5 aromatic rings. The normalized spacial score (nSPS) is 11.3. The molecule has 0 amide bonds. The van der Waals surface area contributed by atoms with Crippen molar-refractivity contribution in [3.63, 3.8) is 0 Å². The van der Waals surface area contributed by atoms with Crippen molar-refractivity contribution in [2.45, 2.75) is 4.90 Å².